The summed E-state index contributed by atoms with van der Waals surface area (Å²) in [4.78, 5) is 0. The summed E-state index contributed by atoms with van der Waals surface area (Å²) in [5.41, 5.74) is 0.969. The van der Waals surface area contributed by atoms with Gasteiger partial charge in [-0.1, -0.05) is 6.92 Å². The molecule has 0 radical (unpaired) electrons. The fourth-order valence-electron chi connectivity index (χ4n) is 1.53. The van der Waals surface area contributed by atoms with E-state index in [1.165, 1.54) is 0 Å². The van der Waals surface area contributed by atoms with Gasteiger partial charge in [0, 0.05) is 7.05 Å². The van der Waals surface area contributed by atoms with E-state index in [0.717, 1.165) is 23.0 Å². The van der Waals surface area contributed by atoms with Crippen LogP contribution in [0.25, 0.3) is 0 Å². The van der Waals surface area contributed by atoms with Gasteiger partial charge >= 0.3 is 0 Å². The Bertz CT molecular complexity index is 311. The van der Waals surface area contributed by atoms with Crippen molar-refractivity contribution in [2.24, 2.45) is 12.5 Å². The average Bonchev–Trinajstić information content (AvgIpc) is 2.73. The number of rotatable bonds is 2. The third-order valence-electron chi connectivity index (χ3n) is 2.90. The molecule has 0 aliphatic heterocycles. The molecule has 1 atom stereocenters. The minimum Gasteiger partial charge on any atom is -0.386 e. The largest absolute Gasteiger partial charge is 0.386 e. The number of aromatic nitrogens is 2. The summed E-state index contributed by atoms with van der Waals surface area (Å²) in [6.07, 6.45) is 3.54. The molecule has 0 aromatic carbocycles. The lowest BCUT2D eigenvalue weighted by atomic mass is 9.99. The highest BCUT2D eigenvalue weighted by molar-refractivity contribution is 9.10. The maximum Gasteiger partial charge on any atom is 0.102 e. The van der Waals surface area contributed by atoms with Crippen molar-refractivity contribution in [3.8, 4) is 0 Å². The molecular weight excluding hydrogens is 232 g/mol. The molecule has 1 N–H and O–H groups in total. The van der Waals surface area contributed by atoms with Crippen LogP contribution >= 0.6 is 15.9 Å². The lowest BCUT2D eigenvalue weighted by molar-refractivity contribution is 0.0946. The highest BCUT2D eigenvalue weighted by Crippen LogP contribution is 2.55. The summed E-state index contributed by atoms with van der Waals surface area (Å²) in [6, 6.07) is 0. The van der Waals surface area contributed by atoms with E-state index >= 15 is 0 Å². The maximum atomic E-state index is 10.1. The first-order chi connectivity index (χ1) is 6.04. The molecule has 2 rings (SSSR count). The van der Waals surface area contributed by atoms with E-state index in [9.17, 15) is 5.11 Å². The number of aliphatic hydroxyl groups excluding tert-OH is 1. The Labute approximate surface area is 85.9 Å². The van der Waals surface area contributed by atoms with Crippen molar-refractivity contribution in [1.82, 2.24) is 9.78 Å². The summed E-state index contributed by atoms with van der Waals surface area (Å²) in [5, 5.41) is 14.2. The molecule has 0 spiro atoms. The first-order valence-electron chi connectivity index (χ1n) is 4.40. The molecule has 0 saturated heterocycles. The predicted molar refractivity (Wildman–Crippen MR) is 53.2 cm³/mol. The van der Waals surface area contributed by atoms with E-state index in [1.807, 2.05) is 7.05 Å². The van der Waals surface area contributed by atoms with Gasteiger partial charge in [-0.25, -0.2) is 0 Å². The molecule has 1 aromatic heterocycles. The zero-order chi connectivity index (χ0) is 9.64. The normalized spacial score (nSPS) is 21.5. The van der Waals surface area contributed by atoms with Crippen LogP contribution in [0.3, 0.4) is 0 Å². The molecule has 1 aromatic rings. The van der Waals surface area contributed by atoms with Crippen LogP contribution in [0.2, 0.25) is 0 Å². The van der Waals surface area contributed by atoms with Gasteiger partial charge in [0.1, 0.15) is 6.10 Å². The molecule has 72 valence electrons. The first kappa shape index (κ1) is 9.21. The van der Waals surface area contributed by atoms with E-state index in [0.29, 0.717) is 0 Å². The molecule has 13 heavy (non-hydrogen) atoms. The fourth-order valence-corrected chi connectivity index (χ4v) is 2.09. The summed E-state index contributed by atoms with van der Waals surface area (Å²) in [6.45, 7) is 2.11. The minimum atomic E-state index is -0.394. The Balaban J connectivity index is 2.34. The van der Waals surface area contributed by atoms with Gasteiger partial charge in [-0.2, -0.15) is 5.10 Å². The number of aliphatic hydroxyl groups is 1. The highest BCUT2D eigenvalue weighted by atomic mass is 79.9. The molecule has 0 amide bonds. The molecule has 1 fully saturated rings. The van der Waals surface area contributed by atoms with Crippen LogP contribution in [0.1, 0.15) is 31.6 Å². The molecule has 4 heteroatoms. The number of halogens is 1. The predicted octanol–water partition coefficient (Wildman–Crippen LogP) is 2.02. The third-order valence-corrected chi connectivity index (χ3v) is 3.51. The van der Waals surface area contributed by atoms with E-state index in [4.69, 9.17) is 0 Å². The van der Waals surface area contributed by atoms with Crippen LogP contribution in [-0.2, 0) is 7.05 Å². The molecule has 1 aliphatic carbocycles. The Hall–Kier alpha value is -0.350. The first-order valence-corrected chi connectivity index (χ1v) is 5.19. The van der Waals surface area contributed by atoms with E-state index in [-0.39, 0.29) is 5.41 Å². The highest BCUT2D eigenvalue weighted by Gasteiger charge is 2.46. The standard InChI is InChI=1S/C9H13BrN2O/c1-9(3-4-9)8(13)7-6(10)5-11-12(7)2/h5,8,13H,3-4H2,1-2H3. The van der Waals surface area contributed by atoms with Gasteiger partial charge < -0.3 is 5.11 Å². The maximum absolute atomic E-state index is 10.1. The van der Waals surface area contributed by atoms with Crippen molar-refractivity contribution in [1.29, 1.82) is 0 Å². The number of hydrogen-bond acceptors (Lipinski definition) is 2. The van der Waals surface area contributed by atoms with Crippen molar-refractivity contribution in [3.05, 3.63) is 16.4 Å². The smallest absolute Gasteiger partial charge is 0.102 e. The van der Waals surface area contributed by atoms with Crippen molar-refractivity contribution in [3.63, 3.8) is 0 Å². The second-order valence-corrected chi connectivity index (χ2v) is 4.91. The molecule has 1 aliphatic rings. The van der Waals surface area contributed by atoms with Gasteiger partial charge in [0.25, 0.3) is 0 Å². The second-order valence-electron chi connectivity index (χ2n) is 4.06. The Morgan fingerprint density at radius 3 is 2.69 bits per heavy atom. The third kappa shape index (κ3) is 1.42. The van der Waals surface area contributed by atoms with Crippen LogP contribution in [0.15, 0.2) is 10.7 Å². The molecule has 3 nitrogen and oxygen atoms in total. The average molecular weight is 245 g/mol. The summed E-state index contributed by atoms with van der Waals surface area (Å²) in [7, 11) is 1.86. The van der Waals surface area contributed by atoms with Crippen molar-refractivity contribution < 1.29 is 5.11 Å². The number of aryl methyl sites for hydroxylation is 1. The number of nitrogens with zero attached hydrogens (tertiary/aromatic N) is 2. The van der Waals surface area contributed by atoms with E-state index < -0.39 is 6.10 Å². The molecule has 0 bridgehead atoms. The summed E-state index contributed by atoms with van der Waals surface area (Å²) in [5.74, 6) is 0. The van der Waals surface area contributed by atoms with Gasteiger partial charge in [0.15, 0.2) is 0 Å². The zero-order valence-electron chi connectivity index (χ0n) is 7.79. The molecule has 1 heterocycles. The SMILES string of the molecule is Cn1ncc(Br)c1C(O)C1(C)CC1. The van der Waals surface area contributed by atoms with Gasteiger partial charge in [-0.3, -0.25) is 4.68 Å². The topological polar surface area (TPSA) is 38.0 Å². The lowest BCUT2D eigenvalue weighted by Gasteiger charge is -2.18. The van der Waals surface area contributed by atoms with Crippen LogP contribution in [0.5, 0.6) is 0 Å². The molecule has 1 saturated carbocycles. The van der Waals surface area contributed by atoms with E-state index in [2.05, 4.69) is 28.0 Å². The summed E-state index contributed by atoms with van der Waals surface area (Å²) < 4.78 is 2.63. The van der Waals surface area contributed by atoms with Crippen LogP contribution in [-0.4, -0.2) is 14.9 Å². The summed E-state index contributed by atoms with van der Waals surface area (Å²) >= 11 is 3.39. The van der Waals surface area contributed by atoms with Gasteiger partial charge in [-0.15, -0.1) is 0 Å². The minimum absolute atomic E-state index is 0.0797. The van der Waals surface area contributed by atoms with Crippen molar-refractivity contribution in [2.45, 2.75) is 25.9 Å². The fraction of sp³-hybridized carbons (Fsp3) is 0.667. The zero-order valence-corrected chi connectivity index (χ0v) is 9.37. The van der Waals surface area contributed by atoms with Gasteiger partial charge in [0.2, 0.25) is 0 Å². The van der Waals surface area contributed by atoms with Crippen LogP contribution in [0.4, 0.5) is 0 Å². The molecule has 1 unspecified atom stereocenters. The second kappa shape index (κ2) is 2.82. The Kier molecular flexibility index (Phi) is 2.00. The number of hydrogen-bond donors (Lipinski definition) is 1. The lowest BCUT2D eigenvalue weighted by Crippen LogP contribution is -2.14. The van der Waals surface area contributed by atoms with Gasteiger partial charge in [-0.05, 0) is 34.2 Å². The van der Waals surface area contributed by atoms with E-state index in [1.54, 1.807) is 10.9 Å². The molecular formula is C9H13BrN2O. The van der Waals surface area contributed by atoms with Gasteiger partial charge in [0.05, 0.1) is 16.4 Å². The monoisotopic (exact) mass is 244 g/mol. The Morgan fingerprint density at radius 2 is 2.31 bits per heavy atom. The Morgan fingerprint density at radius 1 is 1.69 bits per heavy atom. The quantitative estimate of drug-likeness (QED) is 0.865. The van der Waals surface area contributed by atoms with Crippen molar-refractivity contribution in [2.75, 3.05) is 0 Å². The van der Waals surface area contributed by atoms with Crippen LogP contribution < -0.4 is 0 Å². The van der Waals surface area contributed by atoms with Crippen molar-refractivity contribution >= 4 is 15.9 Å². The van der Waals surface area contributed by atoms with Crippen LogP contribution in [0, 0.1) is 5.41 Å².